The van der Waals surface area contributed by atoms with Gasteiger partial charge in [-0.25, -0.2) is 10.2 Å². The molecule has 0 aliphatic carbocycles. The summed E-state index contributed by atoms with van der Waals surface area (Å²) < 4.78 is 15.8. The molecule has 0 fully saturated rings. The Hall–Kier alpha value is -4.14. The summed E-state index contributed by atoms with van der Waals surface area (Å²) >= 11 is 0. The van der Waals surface area contributed by atoms with Crippen LogP contribution in [0.4, 0.5) is 0 Å². The molecule has 9 heteroatoms. The van der Waals surface area contributed by atoms with Gasteiger partial charge in [-0.1, -0.05) is 0 Å². The van der Waals surface area contributed by atoms with E-state index in [1.54, 1.807) is 62.6 Å². The number of aryl methyl sites for hydroxylation is 1. The van der Waals surface area contributed by atoms with Gasteiger partial charge < -0.3 is 14.2 Å². The molecule has 1 heterocycles. The first-order valence-electron chi connectivity index (χ1n) is 8.90. The minimum atomic E-state index is -0.529. The van der Waals surface area contributed by atoms with Crippen LogP contribution in [0.2, 0.25) is 0 Å². The number of hydrazone groups is 1. The molecule has 0 spiro atoms. The van der Waals surface area contributed by atoms with Gasteiger partial charge in [0, 0.05) is 5.69 Å². The second-order valence-corrected chi connectivity index (χ2v) is 6.16. The van der Waals surface area contributed by atoms with Crippen molar-refractivity contribution in [1.82, 2.24) is 15.6 Å². The van der Waals surface area contributed by atoms with Crippen LogP contribution >= 0.6 is 0 Å². The minimum absolute atomic E-state index is 0.239. The number of ether oxygens (including phenoxy) is 3. The van der Waals surface area contributed by atoms with E-state index < -0.39 is 11.9 Å². The Labute approximate surface area is 172 Å². The van der Waals surface area contributed by atoms with Gasteiger partial charge >= 0.3 is 5.97 Å². The number of carbonyl (C=O) groups excluding carboxylic acids is 2. The van der Waals surface area contributed by atoms with Crippen LogP contribution in [0, 0.1) is 6.92 Å². The molecule has 9 nitrogen and oxygen atoms in total. The highest BCUT2D eigenvalue weighted by molar-refractivity contribution is 5.93. The fourth-order valence-corrected chi connectivity index (χ4v) is 2.49. The van der Waals surface area contributed by atoms with E-state index in [9.17, 15) is 9.59 Å². The van der Waals surface area contributed by atoms with Crippen LogP contribution in [-0.2, 0) is 0 Å². The van der Waals surface area contributed by atoms with Gasteiger partial charge in [-0.15, -0.1) is 0 Å². The van der Waals surface area contributed by atoms with Crippen LogP contribution in [-0.4, -0.2) is 42.5 Å². The predicted octanol–water partition coefficient (Wildman–Crippen LogP) is 2.72. The van der Waals surface area contributed by atoms with Crippen LogP contribution in [0.3, 0.4) is 0 Å². The molecule has 0 saturated carbocycles. The summed E-state index contributed by atoms with van der Waals surface area (Å²) in [5.41, 5.74) is 4.41. The SMILES string of the molecule is COc1ccc(C(=O)Oc2ccc(/C=N\NC(=O)c3cc(C)[nH]n3)cc2OC)cc1. The molecular formula is C21H20N4O5. The molecule has 154 valence electrons. The van der Waals surface area contributed by atoms with E-state index in [2.05, 4.69) is 20.7 Å². The first-order valence-corrected chi connectivity index (χ1v) is 8.90. The number of rotatable bonds is 7. The number of carbonyl (C=O) groups is 2. The normalized spacial score (nSPS) is 10.6. The molecule has 0 bridgehead atoms. The lowest BCUT2D eigenvalue weighted by molar-refractivity contribution is 0.0729. The Kier molecular flexibility index (Phi) is 6.43. The fraction of sp³-hybridized carbons (Fsp3) is 0.143. The van der Waals surface area contributed by atoms with Crippen LogP contribution in [0.1, 0.15) is 32.1 Å². The standard InChI is InChI=1S/C21H20N4O5/c1-13-10-17(24-23-13)20(26)25-22-12-14-4-9-18(19(11-14)29-3)30-21(27)15-5-7-16(28-2)8-6-15/h4-12H,1-3H3,(H,23,24)(H,25,26)/b22-12-. The molecule has 0 atom stereocenters. The molecule has 30 heavy (non-hydrogen) atoms. The monoisotopic (exact) mass is 408 g/mol. The second kappa shape index (κ2) is 9.37. The van der Waals surface area contributed by atoms with Crippen molar-refractivity contribution in [1.29, 1.82) is 0 Å². The average Bonchev–Trinajstić information content (AvgIpc) is 3.21. The highest BCUT2D eigenvalue weighted by atomic mass is 16.6. The summed E-state index contributed by atoms with van der Waals surface area (Å²) in [5, 5.41) is 10.4. The van der Waals surface area contributed by atoms with Gasteiger partial charge in [0.05, 0.1) is 26.0 Å². The van der Waals surface area contributed by atoms with Gasteiger partial charge in [-0.3, -0.25) is 9.89 Å². The largest absolute Gasteiger partial charge is 0.497 e. The van der Waals surface area contributed by atoms with E-state index in [-0.39, 0.29) is 11.4 Å². The van der Waals surface area contributed by atoms with Crippen LogP contribution in [0.25, 0.3) is 0 Å². The molecule has 0 radical (unpaired) electrons. The number of aromatic amines is 1. The Balaban J connectivity index is 1.66. The van der Waals surface area contributed by atoms with Crippen LogP contribution < -0.4 is 19.6 Å². The maximum Gasteiger partial charge on any atom is 0.343 e. The van der Waals surface area contributed by atoms with E-state index >= 15 is 0 Å². The summed E-state index contributed by atoms with van der Waals surface area (Å²) in [4.78, 5) is 24.3. The number of aromatic nitrogens is 2. The Morgan fingerprint density at radius 3 is 2.43 bits per heavy atom. The van der Waals surface area contributed by atoms with Gasteiger partial charge in [0.1, 0.15) is 5.75 Å². The summed E-state index contributed by atoms with van der Waals surface area (Å²) in [7, 11) is 3.01. The number of nitrogens with one attached hydrogen (secondary N) is 2. The molecule has 3 rings (SSSR count). The van der Waals surface area contributed by atoms with Crippen molar-refractivity contribution < 1.29 is 23.8 Å². The molecule has 0 unspecified atom stereocenters. The summed E-state index contributed by atoms with van der Waals surface area (Å²) in [6.07, 6.45) is 1.44. The molecule has 3 aromatic rings. The lowest BCUT2D eigenvalue weighted by Crippen LogP contribution is -2.18. The van der Waals surface area contributed by atoms with Crippen molar-refractivity contribution >= 4 is 18.1 Å². The van der Waals surface area contributed by atoms with Gasteiger partial charge in [-0.05, 0) is 61.0 Å². The number of benzene rings is 2. The topological polar surface area (TPSA) is 115 Å². The lowest BCUT2D eigenvalue weighted by Gasteiger charge is -2.10. The van der Waals surface area contributed by atoms with Crippen molar-refractivity contribution in [2.75, 3.05) is 14.2 Å². The van der Waals surface area contributed by atoms with Crippen molar-refractivity contribution in [2.45, 2.75) is 6.92 Å². The van der Waals surface area contributed by atoms with Crippen molar-refractivity contribution in [3.05, 3.63) is 71.0 Å². The molecule has 2 N–H and O–H groups in total. The maximum atomic E-state index is 12.3. The molecule has 0 aliphatic rings. The molecule has 1 amide bonds. The number of esters is 1. The first kappa shape index (κ1) is 20.6. The van der Waals surface area contributed by atoms with Gasteiger partial charge in [0.15, 0.2) is 17.2 Å². The lowest BCUT2D eigenvalue weighted by atomic mass is 10.2. The third kappa shape index (κ3) is 5.02. The summed E-state index contributed by atoms with van der Waals surface area (Å²) in [6, 6.07) is 13.1. The fourth-order valence-electron chi connectivity index (χ4n) is 2.49. The number of nitrogens with zero attached hydrogens (tertiary/aromatic N) is 2. The number of H-pyrrole nitrogens is 1. The zero-order valence-corrected chi connectivity index (χ0v) is 16.6. The van der Waals surface area contributed by atoms with Gasteiger partial charge in [-0.2, -0.15) is 10.2 Å². The number of amides is 1. The van der Waals surface area contributed by atoms with Crippen molar-refractivity contribution in [3.8, 4) is 17.2 Å². The number of methoxy groups -OCH3 is 2. The minimum Gasteiger partial charge on any atom is -0.497 e. The Morgan fingerprint density at radius 2 is 1.80 bits per heavy atom. The highest BCUT2D eigenvalue weighted by Gasteiger charge is 2.13. The molecular weight excluding hydrogens is 388 g/mol. The summed E-state index contributed by atoms with van der Waals surface area (Å²) in [5.74, 6) is 0.274. The molecule has 2 aromatic carbocycles. The zero-order valence-electron chi connectivity index (χ0n) is 16.6. The summed E-state index contributed by atoms with van der Waals surface area (Å²) in [6.45, 7) is 1.79. The Bertz CT molecular complexity index is 1070. The van der Waals surface area contributed by atoms with E-state index in [4.69, 9.17) is 14.2 Å². The maximum absolute atomic E-state index is 12.3. The third-order valence-corrected chi connectivity index (χ3v) is 4.03. The van der Waals surface area contributed by atoms with Crippen molar-refractivity contribution in [3.63, 3.8) is 0 Å². The Morgan fingerprint density at radius 1 is 1.03 bits per heavy atom. The zero-order chi connectivity index (χ0) is 21.5. The van der Waals surface area contributed by atoms with E-state index in [1.807, 2.05) is 0 Å². The van der Waals surface area contributed by atoms with E-state index in [0.29, 0.717) is 22.6 Å². The molecule has 0 aliphatic heterocycles. The first-order chi connectivity index (χ1) is 14.5. The molecule has 0 saturated heterocycles. The van der Waals surface area contributed by atoms with E-state index in [1.165, 1.54) is 13.3 Å². The highest BCUT2D eigenvalue weighted by Crippen LogP contribution is 2.28. The quantitative estimate of drug-likeness (QED) is 0.269. The smallest absolute Gasteiger partial charge is 0.343 e. The number of hydrogen-bond donors (Lipinski definition) is 2. The second-order valence-electron chi connectivity index (χ2n) is 6.16. The van der Waals surface area contributed by atoms with Crippen LogP contribution in [0.15, 0.2) is 53.6 Å². The van der Waals surface area contributed by atoms with Crippen molar-refractivity contribution in [2.24, 2.45) is 5.10 Å². The average molecular weight is 408 g/mol. The number of hydrogen-bond acceptors (Lipinski definition) is 7. The van der Waals surface area contributed by atoms with Crippen LogP contribution in [0.5, 0.6) is 17.2 Å². The third-order valence-electron chi connectivity index (χ3n) is 4.03. The van der Waals surface area contributed by atoms with E-state index in [0.717, 1.165) is 5.69 Å². The van der Waals surface area contributed by atoms with Gasteiger partial charge in [0.2, 0.25) is 0 Å². The predicted molar refractivity (Wildman–Crippen MR) is 109 cm³/mol. The molecule has 1 aromatic heterocycles. The van der Waals surface area contributed by atoms with Gasteiger partial charge in [0.25, 0.3) is 5.91 Å².